The number of halogens is 1. The Hall–Kier alpha value is -2.54. The second-order valence-electron chi connectivity index (χ2n) is 4.55. The van der Waals surface area contributed by atoms with Crippen LogP contribution >= 0.6 is 12.2 Å². The van der Waals surface area contributed by atoms with Gasteiger partial charge in [-0.15, -0.1) is 0 Å². The van der Waals surface area contributed by atoms with Crippen molar-refractivity contribution < 1.29 is 4.39 Å². The lowest BCUT2D eigenvalue weighted by molar-refractivity contribution is 0.627. The number of aromatic amines is 2. The minimum Gasteiger partial charge on any atom is -0.320 e. The topological polar surface area (TPSA) is 66.5 Å². The molecule has 0 bridgehead atoms. The fourth-order valence-corrected chi connectivity index (χ4v) is 2.23. The lowest BCUT2D eigenvalue weighted by Crippen LogP contribution is -2.12. The van der Waals surface area contributed by atoms with Gasteiger partial charge in [0.15, 0.2) is 11.3 Å². The van der Waals surface area contributed by atoms with E-state index in [1.165, 1.54) is 18.2 Å². The highest BCUT2D eigenvalue weighted by Crippen LogP contribution is 2.16. The second kappa shape index (κ2) is 5.10. The minimum atomic E-state index is -0.311. The molecule has 0 unspecified atom stereocenters. The number of nitrogens with zero attached hydrogens (tertiary/aromatic N) is 2. The van der Waals surface area contributed by atoms with Crippen LogP contribution in [0.15, 0.2) is 41.3 Å². The Morgan fingerprint density at radius 3 is 2.57 bits per heavy atom. The number of aromatic nitrogens is 4. The van der Waals surface area contributed by atoms with Gasteiger partial charge in [0.2, 0.25) is 4.77 Å². The molecule has 0 aliphatic heterocycles. The van der Waals surface area contributed by atoms with Crippen molar-refractivity contribution in [3.8, 4) is 17.1 Å². The third kappa shape index (κ3) is 2.55. The molecule has 2 heterocycles. The first-order valence-electron chi connectivity index (χ1n) is 6.19. The summed E-state index contributed by atoms with van der Waals surface area (Å²) in [6.07, 6.45) is 1.66. The molecule has 7 heteroatoms. The van der Waals surface area contributed by atoms with E-state index >= 15 is 0 Å². The summed E-state index contributed by atoms with van der Waals surface area (Å²) in [5, 5.41) is 5.41. The van der Waals surface area contributed by atoms with E-state index in [0.717, 1.165) is 11.4 Å². The normalized spacial score (nSPS) is 10.8. The van der Waals surface area contributed by atoms with Gasteiger partial charge in [-0.3, -0.25) is 15.0 Å². The Morgan fingerprint density at radius 2 is 1.95 bits per heavy atom. The van der Waals surface area contributed by atoms with Crippen molar-refractivity contribution in [2.75, 3.05) is 0 Å². The zero-order chi connectivity index (χ0) is 15.0. The largest absolute Gasteiger partial charge is 0.320 e. The minimum absolute atomic E-state index is 0.163. The van der Waals surface area contributed by atoms with Crippen molar-refractivity contribution in [1.29, 1.82) is 0 Å². The van der Waals surface area contributed by atoms with Crippen LogP contribution in [0, 0.1) is 17.5 Å². The molecule has 3 rings (SSSR count). The van der Waals surface area contributed by atoms with E-state index in [4.69, 9.17) is 12.2 Å². The molecule has 3 aromatic rings. The van der Waals surface area contributed by atoms with E-state index in [1.807, 2.05) is 0 Å². The lowest BCUT2D eigenvalue weighted by atomic mass is 10.2. The molecule has 2 N–H and O–H groups in total. The Labute approximate surface area is 124 Å². The fourth-order valence-electron chi connectivity index (χ4n) is 2.09. The first kappa shape index (κ1) is 13.4. The van der Waals surface area contributed by atoms with Gasteiger partial charge in [0.05, 0.1) is 5.56 Å². The first-order valence-corrected chi connectivity index (χ1v) is 6.60. The van der Waals surface area contributed by atoms with E-state index in [9.17, 15) is 9.18 Å². The molecule has 2 aromatic heterocycles. The van der Waals surface area contributed by atoms with Gasteiger partial charge < -0.3 is 4.57 Å². The number of hydrogen-bond donors (Lipinski definition) is 2. The molecule has 0 saturated carbocycles. The van der Waals surface area contributed by atoms with Crippen molar-refractivity contribution in [3.05, 3.63) is 63.0 Å². The van der Waals surface area contributed by atoms with Gasteiger partial charge in [0.25, 0.3) is 0 Å². The summed E-state index contributed by atoms with van der Waals surface area (Å²) in [7, 11) is 0. The SMILES string of the molecule is Cc1cc(=O)c(-c2nc(=S)[nH][nH]2)cn1-c1ccc(F)cc1. The van der Waals surface area contributed by atoms with Crippen LogP contribution < -0.4 is 5.43 Å². The van der Waals surface area contributed by atoms with Gasteiger partial charge in [-0.2, -0.15) is 4.98 Å². The zero-order valence-corrected chi connectivity index (χ0v) is 11.9. The Balaban J connectivity index is 2.20. The van der Waals surface area contributed by atoms with E-state index in [-0.39, 0.29) is 16.0 Å². The van der Waals surface area contributed by atoms with Crippen molar-refractivity contribution in [1.82, 2.24) is 19.7 Å². The quantitative estimate of drug-likeness (QED) is 0.715. The molecule has 0 aliphatic rings. The molecule has 106 valence electrons. The Bertz CT molecular complexity index is 908. The van der Waals surface area contributed by atoms with Crippen LogP contribution in [0.5, 0.6) is 0 Å². The van der Waals surface area contributed by atoms with Gasteiger partial charge in [-0.1, -0.05) is 0 Å². The number of rotatable bonds is 2. The van der Waals surface area contributed by atoms with Crippen LogP contribution in [0.4, 0.5) is 4.39 Å². The number of hydrogen-bond acceptors (Lipinski definition) is 3. The summed E-state index contributed by atoms with van der Waals surface area (Å²) in [5.74, 6) is 0.0647. The van der Waals surface area contributed by atoms with E-state index in [2.05, 4.69) is 15.2 Å². The molecule has 0 fully saturated rings. The highest BCUT2D eigenvalue weighted by molar-refractivity contribution is 7.71. The highest BCUT2D eigenvalue weighted by Gasteiger charge is 2.10. The van der Waals surface area contributed by atoms with Gasteiger partial charge in [0.1, 0.15) is 5.82 Å². The number of nitrogens with one attached hydrogen (secondary N) is 2. The monoisotopic (exact) mass is 302 g/mol. The Kier molecular flexibility index (Phi) is 3.26. The van der Waals surface area contributed by atoms with Crippen molar-refractivity contribution in [3.63, 3.8) is 0 Å². The summed E-state index contributed by atoms with van der Waals surface area (Å²) in [5.41, 5.74) is 1.72. The average Bonchev–Trinajstić information content (AvgIpc) is 2.87. The molecular formula is C14H11FN4OS. The maximum Gasteiger partial charge on any atom is 0.213 e. The van der Waals surface area contributed by atoms with Gasteiger partial charge in [-0.25, -0.2) is 4.39 Å². The summed E-state index contributed by atoms with van der Waals surface area (Å²) < 4.78 is 15.1. The van der Waals surface area contributed by atoms with Crippen LogP contribution in [-0.4, -0.2) is 19.7 Å². The molecule has 5 nitrogen and oxygen atoms in total. The summed E-state index contributed by atoms with van der Waals surface area (Å²) in [4.78, 5) is 16.2. The first-order chi connectivity index (χ1) is 10.0. The van der Waals surface area contributed by atoms with Gasteiger partial charge in [-0.05, 0) is 43.4 Å². The maximum atomic E-state index is 13.0. The lowest BCUT2D eigenvalue weighted by Gasteiger charge is -2.11. The Morgan fingerprint density at radius 1 is 1.24 bits per heavy atom. The van der Waals surface area contributed by atoms with Gasteiger partial charge in [0, 0.05) is 23.6 Å². The molecule has 0 aliphatic carbocycles. The predicted octanol–water partition coefficient (Wildman–Crippen LogP) is 2.73. The van der Waals surface area contributed by atoms with Gasteiger partial charge >= 0.3 is 0 Å². The second-order valence-corrected chi connectivity index (χ2v) is 4.94. The zero-order valence-electron chi connectivity index (χ0n) is 11.1. The predicted molar refractivity (Wildman–Crippen MR) is 79.5 cm³/mol. The van der Waals surface area contributed by atoms with E-state index in [0.29, 0.717) is 11.4 Å². The van der Waals surface area contributed by atoms with Crippen molar-refractivity contribution in [2.45, 2.75) is 6.92 Å². The average molecular weight is 302 g/mol. The maximum absolute atomic E-state index is 13.0. The summed E-state index contributed by atoms with van der Waals surface area (Å²) in [6.45, 7) is 1.81. The van der Waals surface area contributed by atoms with E-state index in [1.54, 1.807) is 29.8 Å². The number of H-pyrrole nitrogens is 2. The third-order valence-corrected chi connectivity index (χ3v) is 3.30. The molecule has 0 amide bonds. The highest BCUT2D eigenvalue weighted by atomic mass is 32.1. The molecule has 0 atom stereocenters. The molecular weight excluding hydrogens is 291 g/mol. The van der Waals surface area contributed by atoms with Crippen LogP contribution in [-0.2, 0) is 0 Å². The van der Waals surface area contributed by atoms with Crippen molar-refractivity contribution in [2.24, 2.45) is 0 Å². The number of benzene rings is 1. The summed E-state index contributed by atoms with van der Waals surface area (Å²) >= 11 is 4.89. The van der Waals surface area contributed by atoms with E-state index < -0.39 is 0 Å². The number of pyridine rings is 1. The van der Waals surface area contributed by atoms with Crippen LogP contribution in [0.25, 0.3) is 17.1 Å². The fraction of sp³-hybridized carbons (Fsp3) is 0.0714. The van der Waals surface area contributed by atoms with Crippen LogP contribution in [0.2, 0.25) is 0 Å². The smallest absolute Gasteiger partial charge is 0.213 e. The third-order valence-electron chi connectivity index (χ3n) is 3.10. The molecule has 0 radical (unpaired) electrons. The van der Waals surface area contributed by atoms with Crippen LogP contribution in [0.1, 0.15) is 5.69 Å². The molecule has 0 spiro atoms. The standard InChI is InChI=1S/C14H11FN4OS/c1-8-6-12(20)11(13-16-14(21)18-17-13)7-19(8)10-4-2-9(15)3-5-10/h2-7H,1H3,(H2,16,17,18,21). The number of aryl methyl sites for hydroxylation is 1. The van der Waals surface area contributed by atoms with Crippen molar-refractivity contribution >= 4 is 12.2 Å². The molecule has 21 heavy (non-hydrogen) atoms. The summed E-state index contributed by atoms with van der Waals surface area (Å²) in [6, 6.07) is 7.53. The van der Waals surface area contributed by atoms with Crippen LogP contribution in [0.3, 0.4) is 0 Å². The molecule has 1 aromatic carbocycles. The molecule has 0 saturated heterocycles.